The Hall–Kier alpha value is -4.35. The van der Waals surface area contributed by atoms with E-state index in [1.165, 1.54) is 0 Å². The van der Waals surface area contributed by atoms with Crippen molar-refractivity contribution in [2.45, 2.75) is 19.9 Å². The summed E-state index contributed by atoms with van der Waals surface area (Å²) < 4.78 is 17.9. The van der Waals surface area contributed by atoms with Crippen molar-refractivity contribution in [2.24, 2.45) is 0 Å². The lowest BCUT2D eigenvalue weighted by molar-refractivity contribution is 0.0947. The molecule has 4 aromatic carbocycles. The highest BCUT2D eigenvalue weighted by molar-refractivity contribution is 6.16. The topological polar surface area (TPSA) is 48.0 Å². The highest BCUT2D eigenvalue weighted by atomic mass is 16.5. The number of carbonyl (C=O) groups excluding carboxylic acids is 1. The molecule has 5 heteroatoms. The molecule has 38 heavy (non-hydrogen) atoms. The van der Waals surface area contributed by atoms with Crippen LogP contribution in [-0.4, -0.2) is 31.1 Å². The second-order valence-electron chi connectivity index (χ2n) is 9.69. The van der Waals surface area contributed by atoms with E-state index in [1.807, 2.05) is 67.6 Å². The number of ketones is 1. The minimum absolute atomic E-state index is 0.0846. The molecular weight excluding hydrogens is 474 g/mol. The third-order valence-electron chi connectivity index (χ3n) is 7.19. The van der Waals surface area contributed by atoms with Gasteiger partial charge in [-0.1, -0.05) is 72.8 Å². The van der Waals surface area contributed by atoms with Gasteiger partial charge in [-0.2, -0.15) is 0 Å². The molecule has 0 aliphatic carbocycles. The van der Waals surface area contributed by atoms with Crippen LogP contribution in [-0.2, 0) is 13.0 Å². The molecule has 0 spiro atoms. The van der Waals surface area contributed by atoms with Gasteiger partial charge in [0.15, 0.2) is 5.76 Å². The monoisotopic (exact) mass is 503 g/mol. The number of fused-ring (bicyclic) bond motifs is 3. The Balaban J connectivity index is 1.22. The molecule has 4 aromatic rings. The van der Waals surface area contributed by atoms with Crippen LogP contribution in [0.25, 0.3) is 17.2 Å². The second-order valence-corrected chi connectivity index (χ2v) is 9.69. The molecule has 6 rings (SSSR count). The molecule has 190 valence electrons. The number of rotatable bonds is 6. The van der Waals surface area contributed by atoms with Crippen molar-refractivity contribution in [3.63, 3.8) is 0 Å². The molecule has 0 saturated heterocycles. The van der Waals surface area contributed by atoms with Gasteiger partial charge in [-0.15, -0.1) is 0 Å². The van der Waals surface area contributed by atoms with E-state index >= 15 is 0 Å². The van der Waals surface area contributed by atoms with Crippen LogP contribution in [0, 0.1) is 6.92 Å². The summed E-state index contributed by atoms with van der Waals surface area (Å²) in [6.07, 6.45) is 2.66. The molecule has 2 aliphatic heterocycles. The van der Waals surface area contributed by atoms with Crippen molar-refractivity contribution in [3.05, 3.63) is 119 Å². The number of nitrogens with zero attached hydrogens (tertiary/aromatic N) is 1. The molecule has 0 atom stereocenters. The average Bonchev–Trinajstić information content (AvgIpc) is 3.29. The van der Waals surface area contributed by atoms with Gasteiger partial charge in [0.05, 0.1) is 18.2 Å². The van der Waals surface area contributed by atoms with Crippen molar-refractivity contribution in [2.75, 3.05) is 20.4 Å². The Bertz CT molecular complexity index is 1520. The highest BCUT2D eigenvalue weighted by Gasteiger charge is 2.35. The number of ether oxygens (including phenoxy) is 3. The molecule has 0 unspecified atom stereocenters. The predicted molar refractivity (Wildman–Crippen MR) is 149 cm³/mol. The fraction of sp³-hybridized carbons (Fsp3) is 0.182. The van der Waals surface area contributed by atoms with Crippen LogP contribution in [0.4, 0.5) is 0 Å². The fourth-order valence-electron chi connectivity index (χ4n) is 5.16. The molecule has 0 saturated carbocycles. The lowest BCUT2D eigenvalue weighted by atomic mass is 9.98. The molecule has 5 nitrogen and oxygen atoms in total. The summed E-state index contributed by atoms with van der Waals surface area (Å²) in [7, 11) is 1.70. The van der Waals surface area contributed by atoms with E-state index in [4.69, 9.17) is 14.2 Å². The number of Topliss-reactive ketones (excluding diaryl/α,β-unsaturated/α-hetero) is 1. The standard InChI is InChI=1S/C33H29NO4/c1-22-18-29-27(20-34(21-37-29)17-16-26-10-6-7-11-28(26)36-2)33-31(22)32(35)30(38-33)19-23-12-14-25(15-13-23)24-8-4-3-5-9-24/h3-15,18-19H,16-17,20-21H2,1-2H3/b30-19-. The van der Waals surface area contributed by atoms with Crippen LogP contribution in [0.2, 0.25) is 0 Å². The minimum Gasteiger partial charge on any atom is -0.496 e. The van der Waals surface area contributed by atoms with E-state index in [-0.39, 0.29) is 5.78 Å². The van der Waals surface area contributed by atoms with Crippen LogP contribution in [0.15, 0.2) is 90.7 Å². The van der Waals surface area contributed by atoms with Crippen molar-refractivity contribution in [1.82, 2.24) is 4.90 Å². The number of benzene rings is 4. The summed E-state index contributed by atoms with van der Waals surface area (Å²) in [5.41, 5.74) is 6.79. The maximum Gasteiger partial charge on any atom is 0.232 e. The molecule has 0 amide bonds. The van der Waals surface area contributed by atoms with Crippen LogP contribution in [0.3, 0.4) is 0 Å². The van der Waals surface area contributed by atoms with Gasteiger partial charge in [0.1, 0.15) is 24.0 Å². The Labute approximate surface area is 222 Å². The van der Waals surface area contributed by atoms with Gasteiger partial charge in [0.2, 0.25) is 5.78 Å². The molecule has 2 aliphatic rings. The van der Waals surface area contributed by atoms with Gasteiger partial charge in [-0.25, -0.2) is 0 Å². The van der Waals surface area contributed by atoms with Crippen molar-refractivity contribution >= 4 is 11.9 Å². The van der Waals surface area contributed by atoms with Crippen LogP contribution >= 0.6 is 0 Å². The quantitative estimate of drug-likeness (QED) is 0.275. The number of methoxy groups -OCH3 is 1. The van der Waals surface area contributed by atoms with Crippen LogP contribution < -0.4 is 14.2 Å². The summed E-state index contributed by atoms with van der Waals surface area (Å²) in [6.45, 7) is 3.88. The Kier molecular flexibility index (Phi) is 6.44. The van der Waals surface area contributed by atoms with Gasteiger partial charge < -0.3 is 14.2 Å². The zero-order chi connectivity index (χ0) is 26.1. The van der Waals surface area contributed by atoms with Crippen LogP contribution in [0.5, 0.6) is 17.2 Å². The Morgan fingerprint density at radius 1 is 0.947 bits per heavy atom. The third-order valence-corrected chi connectivity index (χ3v) is 7.19. The molecule has 0 bridgehead atoms. The highest BCUT2D eigenvalue weighted by Crippen LogP contribution is 2.44. The lowest BCUT2D eigenvalue weighted by Crippen LogP contribution is -2.34. The fourth-order valence-corrected chi connectivity index (χ4v) is 5.16. The van der Waals surface area contributed by atoms with Gasteiger partial charge in [0.25, 0.3) is 0 Å². The Morgan fingerprint density at radius 2 is 1.68 bits per heavy atom. The maximum atomic E-state index is 13.4. The third kappa shape index (κ3) is 4.57. The Morgan fingerprint density at radius 3 is 2.47 bits per heavy atom. The first kappa shape index (κ1) is 24.0. The smallest absolute Gasteiger partial charge is 0.232 e. The van der Waals surface area contributed by atoms with E-state index in [9.17, 15) is 4.79 Å². The molecule has 0 aromatic heterocycles. The van der Waals surface area contributed by atoms with Crippen molar-refractivity contribution in [1.29, 1.82) is 0 Å². The summed E-state index contributed by atoms with van der Waals surface area (Å²) in [4.78, 5) is 15.6. The molecule has 0 fully saturated rings. The largest absolute Gasteiger partial charge is 0.496 e. The maximum absolute atomic E-state index is 13.4. The summed E-state index contributed by atoms with van der Waals surface area (Å²) in [5, 5.41) is 0. The van der Waals surface area contributed by atoms with E-state index in [0.29, 0.717) is 30.3 Å². The number of para-hydroxylation sites is 1. The van der Waals surface area contributed by atoms with Gasteiger partial charge in [0, 0.05) is 13.1 Å². The summed E-state index contributed by atoms with van der Waals surface area (Å²) in [6, 6.07) is 28.4. The molecule has 0 radical (unpaired) electrons. The molecule has 0 N–H and O–H groups in total. The lowest BCUT2D eigenvalue weighted by Gasteiger charge is -2.30. The average molecular weight is 504 g/mol. The normalized spacial score (nSPS) is 15.5. The molecule has 2 heterocycles. The van der Waals surface area contributed by atoms with Gasteiger partial charge >= 0.3 is 0 Å². The van der Waals surface area contributed by atoms with Crippen molar-refractivity contribution in [3.8, 4) is 28.4 Å². The number of aryl methyl sites for hydroxylation is 1. The predicted octanol–water partition coefficient (Wildman–Crippen LogP) is 6.68. The number of hydrogen-bond acceptors (Lipinski definition) is 5. The van der Waals surface area contributed by atoms with Crippen molar-refractivity contribution < 1.29 is 19.0 Å². The number of carbonyl (C=O) groups is 1. The first-order valence-electron chi connectivity index (χ1n) is 12.8. The summed E-state index contributed by atoms with van der Waals surface area (Å²) in [5.74, 6) is 2.56. The molecular formula is C33H29NO4. The summed E-state index contributed by atoms with van der Waals surface area (Å²) >= 11 is 0. The number of allylic oxidation sites excluding steroid dienone is 1. The first-order chi connectivity index (χ1) is 18.6. The van der Waals surface area contributed by atoms with Gasteiger partial charge in [-0.05, 0) is 59.4 Å². The second kappa shape index (κ2) is 10.2. The zero-order valence-electron chi connectivity index (χ0n) is 21.6. The number of hydrogen-bond donors (Lipinski definition) is 0. The first-order valence-corrected chi connectivity index (χ1v) is 12.8. The van der Waals surface area contributed by atoms with E-state index in [2.05, 4.69) is 35.2 Å². The van der Waals surface area contributed by atoms with Gasteiger partial charge in [-0.3, -0.25) is 9.69 Å². The minimum atomic E-state index is -0.0846. The SMILES string of the molecule is COc1ccccc1CCN1COc2cc(C)c3c(c2C1)O/C(=C\c1ccc(-c2ccccc2)cc1)C3=O. The van der Waals surface area contributed by atoms with E-state index in [1.54, 1.807) is 7.11 Å². The van der Waals surface area contributed by atoms with E-state index < -0.39 is 0 Å². The zero-order valence-corrected chi connectivity index (χ0v) is 21.6. The van der Waals surface area contributed by atoms with E-state index in [0.717, 1.165) is 57.8 Å². The van der Waals surface area contributed by atoms with Crippen LogP contribution in [0.1, 0.15) is 32.6 Å².